The van der Waals surface area contributed by atoms with Crippen LogP contribution in [0.3, 0.4) is 0 Å². The summed E-state index contributed by atoms with van der Waals surface area (Å²) >= 11 is 18.8. The van der Waals surface area contributed by atoms with E-state index >= 15 is 0 Å². The Labute approximate surface area is 156 Å². The summed E-state index contributed by atoms with van der Waals surface area (Å²) in [5.74, 6) is 0.570. The lowest BCUT2D eigenvalue weighted by molar-refractivity contribution is 0.402. The summed E-state index contributed by atoms with van der Waals surface area (Å²) in [6.07, 6.45) is 5.31. The molecule has 4 rings (SSSR count). The van der Waals surface area contributed by atoms with Crippen LogP contribution in [0, 0.1) is 12.8 Å². The number of allylic oxidation sites excluding steroid dienone is 2. The van der Waals surface area contributed by atoms with E-state index in [0.29, 0.717) is 5.02 Å². The molecule has 0 amide bonds. The summed E-state index contributed by atoms with van der Waals surface area (Å²) in [6, 6.07) is 7.24. The van der Waals surface area contributed by atoms with Gasteiger partial charge in [0.1, 0.15) is 5.75 Å². The minimum atomic E-state index is -0.0779. The summed E-state index contributed by atoms with van der Waals surface area (Å²) < 4.78 is 0. The van der Waals surface area contributed by atoms with Crippen molar-refractivity contribution >= 4 is 40.5 Å². The van der Waals surface area contributed by atoms with Gasteiger partial charge in [0.15, 0.2) is 0 Å². The van der Waals surface area contributed by atoms with Crippen molar-refractivity contribution in [2.45, 2.75) is 25.3 Å². The molecule has 2 aromatic rings. The summed E-state index contributed by atoms with van der Waals surface area (Å²) in [5.41, 5.74) is 4.04. The Morgan fingerprint density at radius 2 is 1.92 bits per heavy atom. The number of phenolic OH excluding ortho intramolecular Hbond substituents is 1. The van der Waals surface area contributed by atoms with Crippen LogP contribution in [0.4, 0.5) is 5.69 Å². The van der Waals surface area contributed by atoms with Gasteiger partial charge >= 0.3 is 0 Å². The van der Waals surface area contributed by atoms with Crippen LogP contribution in [-0.2, 0) is 0 Å². The van der Waals surface area contributed by atoms with Crippen molar-refractivity contribution in [1.29, 1.82) is 0 Å². The van der Waals surface area contributed by atoms with E-state index in [2.05, 4.69) is 24.4 Å². The summed E-state index contributed by atoms with van der Waals surface area (Å²) in [4.78, 5) is 0. The third kappa shape index (κ3) is 2.40. The predicted octanol–water partition coefficient (Wildman–Crippen LogP) is 6.49. The number of hydrogen-bond acceptors (Lipinski definition) is 2. The Morgan fingerprint density at radius 1 is 1.12 bits per heavy atom. The van der Waals surface area contributed by atoms with E-state index in [0.717, 1.165) is 33.8 Å². The maximum absolute atomic E-state index is 10.5. The van der Waals surface area contributed by atoms with Gasteiger partial charge in [-0.05, 0) is 43.0 Å². The van der Waals surface area contributed by atoms with Gasteiger partial charge in [-0.15, -0.1) is 0 Å². The molecular formula is C19H16Cl3NO. The first-order valence-electron chi connectivity index (χ1n) is 7.87. The van der Waals surface area contributed by atoms with Gasteiger partial charge in [-0.1, -0.05) is 53.0 Å². The number of nitrogens with one attached hydrogen (secondary N) is 1. The smallest absolute Gasteiger partial charge is 0.139 e. The van der Waals surface area contributed by atoms with Crippen molar-refractivity contribution in [3.05, 3.63) is 68.2 Å². The highest BCUT2D eigenvalue weighted by Crippen LogP contribution is 2.54. The molecule has 1 aliphatic heterocycles. The Bertz CT molecular complexity index is 862. The van der Waals surface area contributed by atoms with Gasteiger partial charge in [-0.25, -0.2) is 0 Å². The van der Waals surface area contributed by atoms with Crippen molar-refractivity contribution < 1.29 is 5.11 Å². The van der Waals surface area contributed by atoms with Gasteiger partial charge in [-0.2, -0.15) is 0 Å². The molecule has 3 unspecified atom stereocenters. The fourth-order valence-corrected chi connectivity index (χ4v) is 4.73. The van der Waals surface area contributed by atoms with E-state index in [9.17, 15) is 5.11 Å². The second-order valence-corrected chi connectivity index (χ2v) is 7.70. The van der Waals surface area contributed by atoms with E-state index in [1.807, 2.05) is 12.1 Å². The van der Waals surface area contributed by atoms with Crippen LogP contribution in [0.1, 0.15) is 35.1 Å². The molecule has 2 N–H and O–H groups in total. The Kier molecular flexibility index (Phi) is 3.95. The minimum Gasteiger partial charge on any atom is -0.506 e. The highest BCUT2D eigenvalue weighted by Gasteiger charge is 2.40. The van der Waals surface area contributed by atoms with Gasteiger partial charge in [-0.3, -0.25) is 0 Å². The largest absolute Gasteiger partial charge is 0.506 e. The van der Waals surface area contributed by atoms with Crippen LogP contribution < -0.4 is 5.32 Å². The zero-order chi connectivity index (χ0) is 17.0. The maximum Gasteiger partial charge on any atom is 0.139 e. The van der Waals surface area contributed by atoms with Crippen LogP contribution in [0.15, 0.2) is 36.4 Å². The minimum absolute atomic E-state index is 0.0779. The standard InChI is InChI=1S/C19H16Cl3NO/c1-9-5-6-14(21)16-11-3-2-4-12(11)18(23-17(9)16)13-7-10(20)8-15(22)19(13)24/h2-3,5-8,11-12,18,23-24H,4H2,1H3. The van der Waals surface area contributed by atoms with Gasteiger partial charge in [0.25, 0.3) is 0 Å². The van der Waals surface area contributed by atoms with Crippen LogP contribution in [-0.4, -0.2) is 5.11 Å². The zero-order valence-corrected chi connectivity index (χ0v) is 15.3. The molecule has 24 heavy (non-hydrogen) atoms. The summed E-state index contributed by atoms with van der Waals surface area (Å²) in [7, 11) is 0. The first-order valence-corrected chi connectivity index (χ1v) is 9.01. The number of halogens is 3. The fraction of sp³-hybridized carbons (Fsp3) is 0.263. The molecular weight excluding hydrogens is 365 g/mol. The Morgan fingerprint density at radius 3 is 2.71 bits per heavy atom. The van der Waals surface area contributed by atoms with E-state index in [4.69, 9.17) is 34.8 Å². The number of aryl methyl sites for hydroxylation is 1. The first kappa shape index (κ1) is 16.1. The van der Waals surface area contributed by atoms with Crippen molar-refractivity contribution in [2.24, 2.45) is 5.92 Å². The molecule has 0 saturated heterocycles. The number of aromatic hydroxyl groups is 1. The molecule has 0 aromatic heterocycles. The van der Waals surface area contributed by atoms with Crippen LogP contribution in [0.25, 0.3) is 0 Å². The second-order valence-electron chi connectivity index (χ2n) is 6.45. The fourth-order valence-electron chi connectivity index (χ4n) is 3.94. The quantitative estimate of drug-likeness (QED) is 0.554. The number of benzene rings is 2. The van der Waals surface area contributed by atoms with Gasteiger partial charge < -0.3 is 10.4 Å². The normalized spacial score (nSPS) is 24.4. The average molecular weight is 381 g/mol. The van der Waals surface area contributed by atoms with Gasteiger partial charge in [0.2, 0.25) is 0 Å². The molecule has 2 nitrogen and oxygen atoms in total. The molecule has 0 bridgehead atoms. The lowest BCUT2D eigenvalue weighted by Gasteiger charge is -2.39. The van der Waals surface area contributed by atoms with Crippen LogP contribution in [0.2, 0.25) is 15.1 Å². The SMILES string of the molecule is Cc1ccc(Cl)c2c1NC(c1cc(Cl)cc(Cl)c1O)C1CC=CC21. The number of phenols is 1. The van der Waals surface area contributed by atoms with Gasteiger partial charge in [0.05, 0.1) is 11.1 Å². The Hall–Kier alpha value is -1.35. The lowest BCUT2D eigenvalue weighted by Crippen LogP contribution is -2.30. The molecule has 1 heterocycles. The molecule has 0 saturated carbocycles. The van der Waals surface area contributed by atoms with E-state index in [1.54, 1.807) is 12.1 Å². The van der Waals surface area contributed by atoms with E-state index < -0.39 is 0 Å². The highest BCUT2D eigenvalue weighted by atomic mass is 35.5. The molecule has 5 heteroatoms. The molecule has 0 spiro atoms. The van der Waals surface area contributed by atoms with Gasteiger partial charge in [0, 0.05) is 32.8 Å². The second kappa shape index (κ2) is 5.87. The number of anilines is 1. The molecule has 3 atom stereocenters. The monoisotopic (exact) mass is 379 g/mol. The number of rotatable bonds is 1. The predicted molar refractivity (Wildman–Crippen MR) is 101 cm³/mol. The Balaban J connectivity index is 1.89. The van der Waals surface area contributed by atoms with Crippen LogP contribution >= 0.6 is 34.8 Å². The topological polar surface area (TPSA) is 32.3 Å². The van der Waals surface area contributed by atoms with E-state index in [1.165, 1.54) is 0 Å². The van der Waals surface area contributed by atoms with E-state index in [-0.39, 0.29) is 28.6 Å². The molecule has 0 fully saturated rings. The molecule has 124 valence electrons. The van der Waals surface area contributed by atoms with Crippen LogP contribution in [0.5, 0.6) is 5.75 Å². The summed E-state index contributed by atoms with van der Waals surface area (Å²) in [5, 5.41) is 15.6. The number of fused-ring (bicyclic) bond motifs is 3. The van der Waals surface area contributed by atoms with Crippen molar-refractivity contribution in [3.8, 4) is 5.75 Å². The van der Waals surface area contributed by atoms with Crippen molar-refractivity contribution in [1.82, 2.24) is 0 Å². The lowest BCUT2D eigenvalue weighted by atomic mass is 9.76. The maximum atomic E-state index is 10.5. The molecule has 2 aliphatic rings. The first-order chi connectivity index (χ1) is 11.5. The highest BCUT2D eigenvalue weighted by molar-refractivity contribution is 6.35. The summed E-state index contributed by atoms with van der Waals surface area (Å²) in [6.45, 7) is 2.06. The molecule has 1 aliphatic carbocycles. The van der Waals surface area contributed by atoms with Crippen molar-refractivity contribution in [3.63, 3.8) is 0 Å². The number of hydrogen-bond donors (Lipinski definition) is 2. The van der Waals surface area contributed by atoms with Crippen molar-refractivity contribution in [2.75, 3.05) is 5.32 Å². The average Bonchev–Trinajstić information content (AvgIpc) is 3.03. The molecule has 2 aromatic carbocycles. The molecule has 0 radical (unpaired) electrons. The third-order valence-corrected chi connectivity index (χ3v) is 5.90. The third-order valence-electron chi connectivity index (χ3n) is 5.07. The zero-order valence-electron chi connectivity index (χ0n) is 13.0.